The van der Waals surface area contributed by atoms with Crippen LogP contribution in [0.15, 0.2) is 12.1 Å². The van der Waals surface area contributed by atoms with Crippen LogP contribution in [0, 0.1) is 23.3 Å². The highest BCUT2D eigenvalue weighted by atomic mass is 27.0. The number of benzene rings is 1. The van der Waals surface area contributed by atoms with E-state index >= 15 is 0 Å². The van der Waals surface area contributed by atoms with Gasteiger partial charge in [0.15, 0.2) is 40.6 Å². The van der Waals surface area contributed by atoms with Crippen LogP contribution in [0.5, 0.6) is 0 Å². The van der Waals surface area contributed by atoms with Crippen molar-refractivity contribution in [2.45, 2.75) is 0 Å². The van der Waals surface area contributed by atoms with E-state index in [0.29, 0.717) is 0 Å². The van der Waals surface area contributed by atoms with Crippen LogP contribution in [0.2, 0.25) is 0 Å². The van der Waals surface area contributed by atoms with Crippen molar-refractivity contribution >= 4 is 17.4 Å². The van der Waals surface area contributed by atoms with E-state index < -0.39 is 23.3 Å². The predicted molar refractivity (Wildman–Crippen MR) is 36.2 cm³/mol. The van der Waals surface area contributed by atoms with Gasteiger partial charge in [-0.1, -0.05) is 0 Å². The largest absolute Gasteiger partial charge is 0.204 e. The smallest absolute Gasteiger partial charge is 0.187 e. The fourth-order valence-corrected chi connectivity index (χ4v) is 0.498. The molecule has 0 aliphatic heterocycles. The first kappa shape index (κ1) is 10.5. The number of rotatable bonds is 0. The Hall–Kier alpha value is -0.528. The molecule has 0 aliphatic carbocycles. The topological polar surface area (TPSA) is 0 Å². The lowest BCUT2D eigenvalue weighted by Crippen LogP contribution is -1.90. The monoisotopic (exact) mass is 180 g/mol. The zero-order valence-corrected chi connectivity index (χ0v) is 4.67. The Morgan fingerprint density at radius 3 is 1.00 bits per heavy atom. The van der Waals surface area contributed by atoms with E-state index in [1.54, 1.807) is 0 Å². The molecule has 0 saturated heterocycles. The summed E-state index contributed by atoms with van der Waals surface area (Å²) in [7, 11) is 0. The van der Waals surface area contributed by atoms with Gasteiger partial charge in [-0.2, -0.15) is 0 Å². The van der Waals surface area contributed by atoms with E-state index in [0.717, 1.165) is 0 Å². The zero-order chi connectivity index (χ0) is 7.72. The fraction of sp³-hybridized carbons (Fsp3) is 0. The number of hydrogen-bond acceptors (Lipinski definition) is 0. The van der Waals surface area contributed by atoms with Crippen LogP contribution in [0.1, 0.15) is 0 Å². The molecule has 0 aromatic heterocycles. The Morgan fingerprint density at radius 1 is 0.636 bits per heavy atom. The summed E-state index contributed by atoms with van der Waals surface area (Å²) in [5, 5.41) is 0. The molecule has 1 rings (SSSR count). The molecule has 0 aliphatic rings. The first-order chi connectivity index (χ1) is 4.61. The summed E-state index contributed by atoms with van der Waals surface area (Å²) in [4.78, 5) is 0. The Kier molecular flexibility index (Phi) is 3.57. The summed E-state index contributed by atoms with van der Waals surface area (Å²) in [6, 6.07) is 0.315. The second-order valence-corrected chi connectivity index (χ2v) is 1.68. The molecule has 1 aromatic rings. The van der Waals surface area contributed by atoms with E-state index in [9.17, 15) is 17.6 Å². The summed E-state index contributed by atoms with van der Waals surface area (Å²) < 4.78 is 47.9. The molecular formula is C6H5AlF4. The van der Waals surface area contributed by atoms with Crippen LogP contribution >= 0.6 is 0 Å². The Morgan fingerprint density at radius 2 is 0.818 bits per heavy atom. The summed E-state index contributed by atoms with van der Waals surface area (Å²) in [5.41, 5.74) is 0. The average molecular weight is 180 g/mol. The van der Waals surface area contributed by atoms with Gasteiger partial charge in [0.1, 0.15) is 0 Å². The number of halogens is 4. The summed E-state index contributed by atoms with van der Waals surface area (Å²) >= 11 is 0. The zero-order valence-electron chi connectivity index (χ0n) is 4.67. The molecule has 0 fully saturated rings. The van der Waals surface area contributed by atoms with Gasteiger partial charge >= 0.3 is 0 Å². The summed E-state index contributed by atoms with van der Waals surface area (Å²) in [6.45, 7) is 0. The molecule has 0 heterocycles. The molecule has 0 unspecified atom stereocenters. The highest BCUT2D eigenvalue weighted by Gasteiger charge is 2.07. The minimum atomic E-state index is -1.39. The van der Waals surface area contributed by atoms with Crippen LogP contribution in [-0.4, -0.2) is 17.4 Å². The third kappa shape index (κ3) is 2.21. The molecule has 0 atom stereocenters. The molecule has 11 heavy (non-hydrogen) atoms. The van der Waals surface area contributed by atoms with Crippen molar-refractivity contribution in [3.63, 3.8) is 0 Å². The molecule has 0 spiro atoms. The first-order valence-electron chi connectivity index (χ1n) is 2.41. The quantitative estimate of drug-likeness (QED) is 0.318. The molecule has 0 bridgehead atoms. The summed E-state index contributed by atoms with van der Waals surface area (Å²) in [6.07, 6.45) is 0. The van der Waals surface area contributed by atoms with Gasteiger partial charge in [0, 0.05) is 12.1 Å². The average Bonchev–Trinajstić information content (AvgIpc) is 1.84. The lowest BCUT2D eigenvalue weighted by Gasteiger charge is -1.92. The molecule has 0 nitrogen and oxygen atoms in total. The standard InChI is InChI=1S/C6H2F4.Al.3H/c7-3-1-4(8)6(10)2-5(3)9;;;;/h1-2H;;;;. The highest BCUT2D eigenvalue weighted by Crippen LogP contribution is 2.11. The van der Waals surface area contributed by atoms with Crippen LogP contribution in [-0.2, 0) is 0 Å². The molecular weight excluding hydrogens is 175 g/mol. The van der Waals surface area contributed by atoms with Gasteiger partial charge < -0.3 is 0 Å². The fourth-order valence-electron chi connectivity index (χ4n) is 0.498. The maximum Gasteiger partial charge on any atom is 0.187 e. The van der Waals surface area contributed by atoms with E-state index in [-0.39, 0.29) is 29.5 Å². The molecule has 0 saturated carbocycles. The van der Waals surface area contributed by atoms with E-state index in [2.05, 4.69) is 0 Å². The van der Waals surface area contributed by atoms with Crippen molar-refractivity contribution < 1.29 is 17.6 Å². The normalized spacial score (nSPS) is 9.09. The van der Waals surface area contributed by atoms with Gasteiger partial charge in [-0.15, -0.1) is 0 Å². The Bertz CT molecular complexity index is 211. The predicted octanol–water partition coefficient (Wildman–Crippen LogP) is 1.06. The van der Waals surface area contributed by atoms with Gasteiger partial charge in [-0.3, -0.25) is 0 Å². The maximum absolute atomic E-state index is 12.0. The second kappa shape index (κ2) is 3.75. The Balaban J connectivity index is 0.000001000. The molecule has 60 valence electrons. The second-order valence-electron chi connectivity index (χ2n) is 1.68. The van der Waals surface area contributed by atoms with Crippen LogP contribution in [0.4, 0.5) is 17.6 Å². The minimum Gasteiger partial charge on any atom is -0.204 e. The Labute approximate surface area is 71.0 Å². The van der Waals surface area contributed by atoms with Crippen molar-refractivity contribution in [1.29, 1.82) is 0 Å². The summed E-state index contributed by atoms with van der Waals surface area (Å²) in [5.74, 6) is -5.56. The lowest BCUT2D eigenvalue weighted by atomic mass is 10.3. The van der Waals surface area contributed by atoms with Crippen LogP contribution in [0.3, 0.4) is 0 Å². The SMILES string of the molecule is Fc1cc(F)c(F)cc1F.[AlH3]. The van der Waals surface area contributed by atoms with E-state index in [1.807, 2.05) is 0 Å². The third-order valence-electron chi connectivity index (χ3n) is 0.963. The van der Waals surface area contributed by atoms with Crippen LogP contribution < -0.4 is 0 Å². The molecule has 5 heteroatoms. The van der Waals surface area contributed by atoms with Gasteiger partial charge in [-0.05, 0) is 0 Å². The third-order valence-corrected chi connectivity index (χ3v) is 0.963. The first-order valence-corrected chi connectivity index (χ1v) is 2.41. The van der Waals surface area contributed by atoms with Gasteiger partial charge in [0.25, 0.3) is 0 Å². The molecule has 0 amide bonds. The molecule has 0 N–H and O–H groups in total. The minimum absolute atomic E-state index is 0. The highest BCUT2D eigenvalue weighted by molar-refractivity contribution is 5.75. The van der Waals surface area contributed by atoms with Crippen molar-refractivity contribution in [2.75, 3.05) is 0 Å². The van der Waals surface area contributed by atoms with Gasteiger partial charge in [0.05, 0.1) is 0 Å². The van der Waals surface area contributed by atoms with Gasteiger partial charge in [0.2, 0.25) is 0 Å². The van der Waals surface area contributed by atoms with Crippen molar-refractivity contribution in [2.24, 2.45) is 0 Å². The lowest BCUT2D eigenvalue weighted by molar-refractivity contribution is 0.454. The van der Waals surface area contributed by atoms with E-state index in [4.69, 9.17) is 0 Å². The number of hydrogen-bond donors (Lipinski definition) is 0. The van der Waals surface area contributed by atoms with Crippen molar-refractivity contribution in [1.82, 2.24) is 0 Å². The maximum atomic E-state index is 12.0. The molecule has 0 radical (unpaired) electrons. The molecule has 1 aromatic carbocycles. The van der Waals surface area contributed by atoms with Gasteiger partial charge in [-0.25, -0.2) is 17.6 Å². The van der Waals surface area contributed by atoms with Crippen molar-refractivity contribution in [3.8, 4) is 0 Å². The van der Waals surface area contributed by atoms with Crippen LogP contribution in [0.25, 0.3) is 0 Å². The van der Waals surface area contributed by atoms with E-state index in [1.165, 1.54) is 0 Å². The van der Waals surface area contributed by atoms with Crippen molar-refractivity contribution in [3.05, 3.63) is 35.4 Å².